The maximum atomic E-state index is 5.35. The maximum Gasteiger partial charge on any atom is 0.265 e. The quantitative estimate of drug-likeness (QED) is 0.844. The minimum absolute atomic E-state index is 0.413. The SMILES string of the molecule is CCc1nc2c(s1)[C@@H](N(C)Cc1nc(N(C)C)no1)CCC2. The van der Waals surface area contributed by atoms with Crippen molar-refractivity contribution in [3.63, 3.8) is 0 Å². The molecule has 0 aromatic carbocycles. The van der Waals surface area contributed by atoms with Crippen LogP contribution in [0.1, 0.15) is 47.3 Å². The molecule has 0 amide bonds. The molecule has 0 unspecified atom stereocenters. The zero-order chi connectivity index (χ0) is 15.7. The van der Waals surface area contributed by atoms with E-state index < -0.39 is 0 Å². The van der Waals surface area contributed by atoms with E-state index in [1.807, 2.05) is 30.3 Å². The average Bonchev–Trinajstić information content (AvgIpc) is 3.12. The van der Waals surface area contributed by atoms with Gasteiger partial charge in [-0.15, -0.1) is 11.3 Å². The van der Waals surface area contributed by atoms with Gasteiger partial charge in [0.25, 0.3) is 5.95 Å². The van der Waals surface area contributed by atoms with E-state index in [2.05, 4.69) is 29.0 Å². The van der Waals surface area contributed by atoms with Crippen molar-refractivity contribution in [1.29, 1.82) is 0 Å². The molecule has 0 N–H and O–H groups in total. The molecule has 0 fully saturated rings. The zero-order valence-electron chi connectivity index (χ0n) is 13.7. The van der Waals surface area contributed by atoms with Gasteiger partial charge in [-0.05, 0) is 37.9 Å². The molecule has 0 radical (unpaired) electrons. The summed E-state index contributed by atoms with van der Waals surface area (Å²) in [6.07, 6.45) is 4.50. The molecule has 0 saturated carbocycles. The van der Waals surface area contributed by atoms with Crippen molar-refractivity contribution in [2.45, 2.75) is 45.2 Å². The summed E-state index contributed by atoms with van der Waals surface area (Å²) < 4.78 is 5.35. The molecule has 2 aromatic rings. The van der Waals surface area contributed by atoms with Crippen LogP contribution in [-0.2, 0) is 19.4 Å². The van der Waals surface area contributed by atoms with Crippen LogP contribution in [0.3, 0.4) is 0 Å². The fourth-order valence-corrected chi connectivity index (χ4v) is 4.09. The van der Waals surface area contributed by atoms with Crippen LogP contribution in [0.5, 0.6) is 0 Å². The van der Waals surface area contributed by atoms with Crippen LogP contribution in [0.4, 0.5) is 5.95 Å². The van der Waals surface area contributed by atoms with E-state index in [1.165, 1.54) is 28.4 Å². The van der Waals surface area contributed by atoms with Gasteiger partial charge in [0.1, 0.15) is 0 Å². The summed E-state index contributed by atoms with van der Waals surface area (Å²) in [6, 6.07) is 0.413. The highest BCUT2D eigenvalue weighted by atomic mass is 32.1. The van der Waals surface area contributed by atoms with Crippen LogP contribution in [0.15, 0.2) is 4.52 Å². The van der Waals surface area contributed by atoms with Gasteiger partial charge in [-0.25, -0.2) is 4.98 Å². The highest BCUT2D eigenvalue weighted by molar-refractivity contribution is 7.11. The molecule has 120 valence electrons. The fraction of sp³-hybridized carbons (Fsp3) is 0.667. The zero-order valence-corrected chi connectivity index (χ0v) is 14.5. The second-order valence-electron chi connectivity index (χ2n) is 5.98. The first-order valence-electron chi connectivity index (χ1n) is 7.77. The van der Waals surface area contributed by atoms with Crippen molar-refractivity contribution in [2.75, 3.05) is 26.0 Å². The molecule has 6 nitrogen and oxygen atoms in total. The third-order valence-corrected chi connectivity index (χ3v) is 5.39. The van der Waals surface area contributed by atoms with Crippen molar-refractivity contribution < 1.29 is 4.52 Å². The predicted octanol–water partition coefficient (Wildman–Crippen LogP) is 2.66. The highest BCUT2D eigenvalue weighted by Crippen LogP contribution is 2.38. The van der Waals surface area contributed by atoms with Crippen molar-refractivity contribution >= 4 is 17.3 Å². The van der Waals surface area contributed by atoms with Gasteiger partial charge in [-0.3, -0.25) is 4.90 Å². The van der Waals surface area contributed by atoms with E-state index in [0.29, 0.717) is 24.4 Å². The summed E-state index contributed by atoms with van der Waals surface area (Å²) in [7, 11) is 5.95. The molecule has 1 aliphatic rings. The number of aromatic nitrogens is 3. The van der Waals surface area contributed by atoms with E-state index in [-0.39, 0.29) is 0 Å². The lowest BCUT2D eigenvalue weighted by molar-refractivity contribution is 0.189. The molecule has 7 heteroatoms. The van der Waals surface area contributed by atoms with Crippen molar-refractivity contribution in [3.05, 3.63) is 21.5 Å². The van der Waals surface area contributed by atoms with E-state index in [1.54, 1.807) is 0 Å². The van der Waals surface area contributed by atoms with Crippen LogP contribution in [0.25, 0.3) is 0 Å². The molecule has 2 heterocycles. The predicted molar refractivity (Wildman–Crippen MR) is 87.3 cm³/mol. The van der Waals surface area contributed by atoms with Gasteiger partial charge in [0.2, 0.25) is 5.89 Å². The van der Waals surface area contributed by atoms with Crippen LogP contribution in [0.2, 0.25) is 0 Å². The smallest absolute Gasteiger partial charge is 0.265 e. The Morgan fingerprint density at radius 1 is 1.27 bits per heavy atom. The molecule has 0 spiro atoms. The van der Waals surface area contributed by atoms with E-state index in [0.717, 1.165) is 12.8 Å². The first-order valence-corrected chi connectivity index (χ1v) is 8.58. The van der Waals surface area contributed by atoms with Crippen LogP contribution < -0.4 is 4.90 Å². The van der Waals surface area contributed by atoms with Crippen molar-refractivity contribution in [3.8, 4) is 0 Å². The van der Waals surface area contributed by atoms with Crippen molar-refractivity contribution in [1.82, 2.24) is 20.0 Å². The molecule has 0 saturated heterocycles. The Kier molecular flexibility index (Phi) is 4.44. The second kappa shape index (κ2) is 6.34. The van der Waals surface area contributed by atoms with Crippen LogP contribution in [0, 0.1) is 0 Å². The monoisotopic (exact) mass is 321 g/mol. The summed E-state index contributed by atoms with van der Waals surface area (Å²) in [5, 5.41) is 5.23. The molecule has 2 aromatic heterocycles. The third-order valence-electron chi connectivity index (χ3n) is 4.04. The number of hydrogen-bond acceptors (Lipinski definition) is 7. The normalized spacial score (nSPS) is 17.8. The Labute approximate surface area is 135 Å². The summed E-state index contributed by atoms with van der Waals surface area (Å²) in [5.41, 5.74) is 1.30. The average molecular weight is 321 g/mol. The Balaban J connectivity index is 1.75. The molecule has 3 rings (SSSR count). The lowest BCUT2D eigenvalue weighted by atomic mass is 9.97. The Bertz CT molecular complexity index is 636. The molecular weight excluding hydrogens is 298 g/mol. The number of nitrogens with zero attached hydrogens (tertiary/aromatic N) is 5. The maximum absolute atomic E-state index is 5.35. The molecule has 0 aliphatic heterocycles. The molecule has 22 heavy (non-hydrogen) atoms. The highest BCUT2D eigenvalue weighted by Gasteiger charge is 2.28. The number of anilines is 1. The summed E-state index contributed by atoms with van der Waals surface area (Å²) in [5.74, 6) is 1.29. The van der Waals surface area contributed by atoms with Crippen LogP contribution in [-0.4, -0.2) is 41.2 Å². The lowest BCUT2D eigenvalue weighted by Crippen LogP contribution is -2.26. The summed E-state index contributed by atoms with van der Waals surface area (Å²) in [4.78, 5) is 14.8. The first kappa shape index (κ1) is 15.4. The minimum Gasteiger partial charge on any atom is -0.344 e. The summed E-state index contributed by atoms with van der Waals surface area (Å²) >= 11 is 1.86. The van der Waals surface area contributed by atoms with E-state index >= 15 is 0 Å². The van der Waals surface area contributed by atoms with Gasteiger partial charge in [0.15, 0.2) is 0 Å². The van der Waals surface area contributed by atoms with E-state index in [9.17, 15) is 0 Å². The minimum atomic E-state index is 0.413. The van der Waals surface area contributed by atoms with Crippen LogP contribution >= 0.6 is 11.3 Å². The number of hydrogen-bond donors (Lipinski definition) is 0. The van der Waals surface area contributed by atoms with Crippen molar-refractivity contribution in [2.24, 2.45) is 0 Å². The number of rotatable bonds is 5. The topological polar surface area (TPSA) is 58.3 Å². The molecule has 1 atom stereocenters. The molecular formula is C15H23N5OS. The first-order chi connectivity index (χ1) is 10.6. The number of fused-ring (bicyclic) bond motifs is 1. The van der Waals surface area contributed by atoms with Gasteiger partial charge < -0.3 is 9.42 Å². The summed E-state index contributed by atoms with van der Waals surface area (Å²) in [6.45, 7) is 2.84. The van der Waals surface area contributed by atoms with Gasteiger partial charge in [-0.2, -0.15) is 4.98 Å². The second-order valence-corrected chi connectivity index (χ2v) is 7.09. The van der Waals surface area contributed by atoms with Gasteiger partial charge in [-0.1, -0.05) is 6.92 Å². The lowest BCUT2D eigenvalue weighted by Gasteiger charge is -2.29. The Morgan fingerprint density at radius 2 is 2.09 bits per heavy atom. The van der Waals surface area contributed by atoms with Gasteiger partial charge in [0, 0.05) is 25.0 Å². The Morgan fingerprint density at radius 3 is 2.77 bits per heavy atom. The van der Waals surface area contributed by atoms with Gasteiger partial charge >= 0.3 is 0 Å². The fourth-order valence-electron chi connectivity index (χ4n) is 2.83. The standard InChI is InChI=1S/C15H23N5OS/c1-5-13-16-10-7-6-8-11(14(10)22-13)20(4)9-12-17-15(18-21-12)19(2)3/h11H,5-9H2,1-4H3/t11-/m0/s1. The third kappa shape index (κ3) is 3.01. The van der Waals surface area contributed by atoms with Gasteiger partial charge in [0.05, 0.1) is 17.2 Å². The van der Waals surface area contributed by atoms with E-state index in [4.69, 9.17) is 9.51 Å². The Hall–Kier alpha value is -1.47. The number of aryl methyl sites for hydroxylation is 2. The molecule has 1 aliphatic carbocycles. The molecule has 0 bridgehead atoms. The number of thiazole rings is 1. The largest absolute Gasteiger partial charge is 0.344 e.